The molecule has 0 atom stereocenters. The van der Waals surface area contributed by atoms with Crippen LogP contribution in [0.2, 0.25) is 0 Å². The number of hydrogen-bond donors (Lipinski definition) is 3. The molecule has 1 aromatic carbocycles. The summed E-state index contributed by atoms with van der Waals surface area (Å²) in [5.41, 5.74) is 0.701. The summed E-state index contributed by atoms with van der Waals surface area (Å²) < 4.78 is 24.6. The molecule has 6 nitrogen and oxygen atoms in total. The van der Waals surface area contributed by atoms with Crippen molar-refractivity contribution in [1.82, 2.24) is 5.32 Å². The summed E-state index contributed by atoms with van der Waals surface area (Å²) in [4.78, 5) is 11.5. The highest BCUT2D eigenvalue weighted by Crippen LogP contribution is 2.11. The number of halogens is 1. The normalized spacial score (nSPS) is 11.0. The third-order valence-electron chi connectivity index (χ3n) is 1.96. The van der Waals surface area contributed by atoms with E-state index in [1.165, 1.54) is 24.3 Å². The van der Waals surface area contributed by atoms with Crippen molar-refractivity contribution in [3.8, 4) is 0 Å². The number of alkyl halides is 1. The fourth-order valence-corrected chi connectivity index (χ4v) is 1.88. The number of sulfonamides is 1. The molecule has 0 fully saturated rings. The Morgan fingerprint density at radius 1 is 1.28 bits per heavy atom. The van der Waals surface area contributed by atoms with Crippen molar-refractivity contribution in [2.24, 2.45) is 0 Å². The van der Waals surface area contributed by atoms with Gasteiger partial charge in [-0.25, -0.2) is 8.42 Å². The van der Waals surface area contributed by atoms with E-state index in [1.54, 1.807) is 0 Å². The first-order valence-electron chi connectivity index (χ1n) is 5.04. The van der Waals surface area contributed by atoms with Gasteiger partial charge in [0.2, 0.25) is 10.0 Å². The number of anilines is 1. The van der Waals surface area contributed by atoms with Crippen LogP contribution in [0.5, 0.6) is 0 Å². The van der Waals surface area contributed by atoms with Crippen LogP contribution < -0.4 is 10.0 Å². The van der Waals surface area contributed by atoms with Crippen LogP contribution in [-0.2, 0) is 10.0 Å². The van der Waals surface area contributed by atoms with Crippen LogP contribution in [0.15, 0.2) is 24.3 Å². The Morgan fingerprint density at radius 3 is 2.39 bits per heavy atom. The van der Waals surface area contributed by atoms with Gasteiger partial charge in [0.25, 0.3) is 5.91 Å². The molecule has 0 aromatic heterocycles. The Balaban J connectivity index is 2.71. The molecule has 0 radical (unpaired) electrons. The van der Waals surface area contributed by atoms with Crippen LogP contribution in [0.25, 0.3) is 0 Å². The van der Waals surface area contributed by atoms with Gasteiger partial charge in [0.05, 0.1) is 6.61 Å². The summed E-state index contributed by atoms with van der Waals surface area (Å²) in [5.74, 6) is -0.337. The van der Waals surface area contributed by atoms with Gasteiger partial charge in [-0.15, -0.1) is 11.6 Å². The lowest BCUT2D eigenvalue weighted by molar-refractivity contribution is 0.0945. The van der Waals surface area contributed by atoms with Gasteiger partial charge in [0.15, 0.2) is 0 Å². The van der Waals surface area contributed by atoms with E-state index >= 15 is 0 Å². The van der Waals surface area contributed by atoms with Gasteiger partial charge in [0.1, 0.15) is 5.21 Å². The highest BCUT2D eigenvalue weighted by atomic mass is 35.5. The minimum Gasteiger partial charge on any atom is -0.395 e. The van der Waals surface area contributed by atoms with Gasteiger partial charge < -0.3 is 10.4 Å². The predicted octanol–water partition coefficient (Wildman–Crippen LogP) is 0.347. The molecule has 3 N–H and O–H groups in total. The van der Waals surface area contributed by atoms with E-state index in [1.807, 2.05) is 0 Å². The van der Waals surface area contributed by atoms with Crippen LogP contribution in [0.3, 0.4) is 0 Å². The Kier molecular flexibility index (Phi) is 5.39. The van der Waals surface area contributed by atoms with Crippen molar-refractivity contribution < 1.29 is 18.3 Å². The number of nitrogens with one attached hydrogen (secondary N) is 2. The topological polar surface area (TPSA) is 95.5 Å². The zero-order chi connectivity index (χ0) is 13.6. The van der Waals surface area contributed by atoms with Crippen molar-refractivity contribution in [3.63, 3.8) is 0 Å². The molecule has 18 heavy (non-hydrogen) atoms. The van der Waals surface area contributed by atoms with Gasteiger partial charge in [-0.1, -0.05) is 0 Å². The predicted molar refractivity (Wildman–Crippen MR) is 69.1 cm³/mol. The molecule has 0 saturated heterocycles. The second kappa shape index (κ2) is 6.58. The molecule has 1 amide bonds. The standard InChI is InChI=1S/C10H13ClN2O4S/c11-7-18(16,17)13-9-3-1-8(2-4-9)10(15)12-5-6-14/h1-4,13-14H,5-7H2,(H,12,15). The molecule has 8 heteroatoms. The number of aliphatic hydroxyl groups is 1. The van der Waals surface area contributed by atoms with Crippen LogP contribution in [0, 0.1) is 0 Å². The van der Waals surface area contributed by atoms with Gasteiger partial charge in [-0.05, 0) is 24.3 Å². The van der Waals surface area contributed by atoms with E-state index in [0.717, 1.165) is 0 Å². The number of amides is 1. The molecule has 0 aliphatic heterocycles. The highest BCUT2D eigenvalue weighted by molar-refractivity contribution is 7.93. The quantitative estimate of drug-likeness (QED) is 0.659. The fraction of sp³-hybridized carbons (Fsp3) is 0.300. The first-order valence-corrected chi connectivity index (χ1v) is 7.23. The first kappa shape index (κ1) is 14.7. The van der Waals surface area contributed by atoms with Gasteiger partial charge in [-0.2, -0.15) is 0 Å². The number of carbonyl (C=O) groups is 1. The molecule has 100 valence electrons. The maximum absolute atomic E-state index is 11.5. The van der Waals surface area contributed by atoms with Crippen LogP contribution in [-0.4, -0.2) is 37.8 Å². The minimum absolute atomic E-state index is 0.140. The fourth-order valence-electron chi connectivity index (χ4n) is 1.17. The average Bonchev–Trinajstić information content (AvgIpc) is 2.36. The summed E-state index contributed by atoms with van der Waals surface area (Å²) in [6, 6.07) is 5.85. The van der Waals surface area contributed by atoms with Crippen molar-refractivity contribution in [3.05, 3.63) is 29.8 Å². The molecular formula is C10H13ClN2O4S. The van der Waals surface area contributed by atoms with Crippen LogP contribution in [0.1, 0.15) is 10.4 Å². The Hall–Kier alpha value is -1.31. The lowest BCUT2D eigenvalue weighted by atomic mass is 10.2. The summed E-state index contributed by atoms with van der Waals surface area (Å²) in [6.45, 7) is 0.0266. The molecule has 1 rings (SSSR count). The zero-order valence-corrected chi connectivity index (χ0v) is 11.0. The van der Waals surface area contributed by atoms with E-state index in [2.05, 4.69) is 10.0 Å². The molecule has 0 heterocycles. The van der Waals surface area contributed by atoms with E-state index in [4.69, 9.17) is 16.7 Å². The van der Waals surface area contributed by atoms with Gasteiger partial charge in [-0.3, -0.25) is 9.52 Å². The number of hydrogen-bond acceptors (Lipinski definition) is 4. The second-order valence-corrected chi connectivity index (χ2v) is 5.69. The maximum atomic E-state index is 11.5. The smallest absolute Gasteiger partial charge is 0.251 e. The molecule has 0 unspecified atom stereocenters. The molecule has 0 saturated carbocycles. The summed E-state index contributed by atoms with van der Waals surface area (Å²) in [7, 11) is -3.54. The van der Waals surface area contributed by atoms with Crippen LogP contribution >= 0.6 is 11.6 Å². The van der Waals surface area contributed by atoms with E-state index < -0.39 is 15.2 Å². The summed E-state index contributed by atoms with van der Waals surface area (Å²) in [5, 5.41) is 10.5. The maximum Gasteiger partial charge on any atom is 0.251 e. The molecular weight excluding hydrogens is 280 g/mol. The van der Waals surface area contributed by atoms with Crippen molar-refractivity contribution in [2.75, 3.05) is 23.1 Å². The van der Waals surface area contributed by atoms with Gasteiger partial charge >= 0.3 is 0 Å². The largest absolute Gasteiger partial charge is 0.395 e. The Morgan fingerprint density at radius 2 is 1.89 bits per heavy atom. The molecule has 0 aliphatic carbocycles. The number of rotatable bonds is 6. The lowest BCUT2D eigenvalue weighted by Gasteiger charge is -2.06. The highest BCUT2D eigenvalue weighted by Gasteiger charge is 2.09. The summed E-state index contributed by atoms with van der Waals surface area (Å²) in [6.07, 6.45) is 0. The number of aliphatic hydroxyl groups excluding tert-OH is 1. The van der Waals surface area contributed by atoms with E-state index in [9.17, 15) is 13.2 Å². The van der Waals surface area contributed by atoms with Crippen molar-refractivity contribution in [1.29, 1.82) is 0 Å². The Labute approximate surface area is 110 Å². The number of carbonyl (C=O) groups excluding carboxylic acids is 1. The van der Waals surface area contributed by atoms with E-state index in [0.29, 0.717) is 11.3 Å². The molecule has 0 spiro atoms. The third-order valence-corrected chi connectivity index (χ3v) is 3.66. The monoisotopic (exact) mass is 292 g/mol. The molecule has 0 bridgehead atoms. The molecule has 1 aromatic rings. The summed E-state index contributed by atoms with van der Waals surface area (Å²) >= 11 is 5.24. The Bertz CT molecular complexity index is 501. The average molecular weight is 293 g/mol. The van der Waals surface area contributed by atoms with E-state index in [-0.39, 0.29) is 19.1 Å². The second-order valence-electron chi connectivity index (χ2n) is 3.38. The van der Waals surface area contributed by atoms with Gasteiger partial charge in [0, 0.05) is 17.8 Å². The lowest BCUT2D eigenvalue weighted by Crippen LogP contribution is -2.26. The van der Waals surface area contributed by atoms with Crippen molar-refractivity contribution >= 4 is 33.2 Å². The number of benzene rings is 1. The SMILES string of the molecule is O=C(NCCO)c1ccc(NS(=O)(=O)CCl)cc1. The molecule has 0 aliphatic rings. The first-order chi connectivity index (χ1) is 8.48. The third kappa shape index (κ3) is 4.52. The zero-order valence-electron chi connectivity index (χ0n) is 9.39. The minimum atomic E-state index is -3.54. The van der Waals surface area contributed by atoms with Crippen LogP contribution in [0.4, 0.5) is 5.69 Å². The van der Waals surface area contributed by atoms with Crippen molar-refractivity contribution in [2.45, 2.75) is 0 Å².